The van der Waals surface area contributed by atoms with Crippen molar-refractivity contribution in [1.82, 2.24) is 0 Å². The van der Waals surface area contributed by atoms with E-state index in [4.69, 9.17) is 9.16 Å². The fourth-order valence-electron chi connectivity index (χ4n) is 2.37. The van der Waals surface area contributed by atoms with Gasteiger partial charge in [-0.05, 0) is 43.3 Å². The first-order valence-corrected chi connectivity index (χ1v) is 12.0. The number of halogens is 1. The van der Waals surface area contributed by atoms with Crippen LogP contribution in [-0.2, 0) is 4.43 Å². The van der Waals surface area contributed by atoms with E-state index in [1.54, 1.807) is 0 Å². The number of rotatable bonds is 5. The second kappa shape index (κ2) is 7.28. The normalized spacial score (nSPS) is 16.1. The average molecular weight is 401 g/mol. The van der Waals surface area contributed by atoms with E-state index < -0.39 is 8.32 Å². The minimum atomic E-state index is -1.83. The lowest BCUT2D eigenvalue weighted by Crippen LogP contribution is -2.50. The van der Waals surface area contributed by atoms with Gasteiger partial charge in [0, 0.05) is 9.89 Å². The van der Waals surface area contributed by atoms with Crippen LogP contribution in [0, 0.1) is 5.41 Å². The van der Waals surface area contributed by atoms with Crippen molar-refractivity contribution in [2.24, 2.45) is 5.41 Å². The highest BCUT2D eigenvalue weighted by atomic mass is 79.9. The Morgan fingerprint density at radius 1 is 1.04 bits per heavy atom. The topological polar surface area (TPSA) is 18.5 Å². The van der Waals surface area contributed by atoms with E-state index in [1.165, 1.54) is 0 Å². The van der Waals surface area contributed by atoms with Crippen molar-refractivity contribution < 1.29 is 9.16 Å². The Kier molecular flexibility index (Phi) is 6.56. The second-order valence-electron chi connectivity index (χ2n) is 8.95. The Morgan fingerprint density at radius 3 is 2.04 bits per heavy atom. The zero-order valence-corrected chi connectivity index (χ0v) is 18.7. The van der Waals surface area contributed by atoms with Crippen molar-refractivity contribution in [2.75, 3.05) is 0 Å². The first kappa shape index (κ1) is 20.7. The van der Waals surface area contributed by atoms with Gasteiger partial charge in [0.1, 0.15) is 11.9 Å². The molecule has 2 unspecified atom stereocenters. The maximum absolute atomic E-state index is 6.60. The van der Waals surface area contributed by atoms with Crippen LogP contribution < -0.4 is 4.74 Å². The van der Waals surface area contributed by atoms with Gasteiger partial charge in [-0.25, -0.2) is 0 Å². The maximum Gasteiger partial charge on any atom is 0.192 e. The van der Waals surface area contributed by atoms with Gasteiger partial charge in [-0.2, -0.15) is 0 Å². The summed E-state index contributed by atoms with van der Waals surface area (Å²) in [6.07, 6.45) is 0.0285. The van der Waals surface area contributed by atoms with Crippen LogP contribution in [0.1, 0.15) is 48.5 Å². The Labute approximate surface area is 152 Å². The van der Waals surface area contributed by atoms with Gasteiger partial charge in [0.05, 0.1) is 6.10 Å². The lowest BCUT2D eigenvalue weighted by atomic mass is 9.86. The summed E-state index contributed by atoms with van der Waals surface area (Å²) >= 11 is 3.51. The van der Waals surface area contributed by atoms with E-state index in [-0.39, 0.29) is 22.7 Å². The summed E-state index contributed by atoms with van der Waals surface area (Å²) in [4.78, 5) is 0. The molecule has 2 nitrogen and oxygen atoms in total. The van der Waals surface area contributed by atoms with Crippen LogP contribution in [0.2, 0.25) is 18.1 Å². The summed E-state index contributed by atoms with van der Waals surface area (Å²) in [7, 11) is -1.83. The molecule has 0 aliphatic rings. The molecule has 0 saturated heterocycles. The van der Waals surface area contributed by atoms with Crippen LogP contribution in [0.3, 0.4) is 0 Å². The van der Waals surface area contributed by atoms with Crippen molar-refractivity contribution in [3.8, 4) is 5.75 Å². The van der Waals surface area contributed by atoms with Crippen molar-refractivity contribution in [2.45, 2.75) is 78.8 Å². The minimum Gasteiger partial charge on any atom is -0.487 e. The zero-order chi connectivity index (χ0) is 18.1. The molecule has 23 heavy (non-hydrogen) atoms. The van der Waals surface area contributed by atoms with Crippen LogP contribution in [-0.4, -0.2) is 20.5 Å². The van der Waals surface area contributed by atoms with Crippen LogP contribution in [0.25, 0.3) is 0 Å². The molecule has 0 aromatic heterocycles. The zero-order valence-electron chi connectivity index (χ0n) is 16.2. The molecule has 0 aliphatic carbocycles. The molecule has 0 radical (unpaired) electrons. The Morgan fingerprint density at radius 2 is 1.61 bits per heavy atom. The molecular formula is C19H33BrO2Si. The predicted molar refractivity (Wildman–Crippen MR) is 106 cm³/mol. The second-order valence-corrected chi connectivity index (χ2v) is 14.6. The van der Waals surface area contributed by atoms with Gasteiger partial charge >= 0.3 is 0 Å². The number of benzene rings is 1. The first-order valence-electron chi connectivity index (χ1n) is 8.34. The maximum atomic E-state index is 6.60. The summed E-state index contributed by atoms with van der Waals surface area (Å²) in [6, 6.07) is 8.02. The Hall–Kier alpha value is -0.323. The van der Waals surface area contributed by atoms with Gasteiger partial charge in [0.2, 0.25) is 0 Å². The lowest BCUT2D eigenvalue weighted by molar-refractivity contribution is -0.0110. The first-order chi connectivity index (χ1) is 10.2. The number of hydrogen-bond donors (Lipinski definition) is 0. The van der Waals surface area contributed by atoms with Gasteiger partial charge < -0.3 is 9.16 Å². The smallest absolute Gasteiger partial charge is 0.192 e. The van der Waals surface area contributed by atoms with Crippen LogP contribution in [0.15, 0.2) is 28.7 Å². The van der Waals surface area contributed by atoms with Crippen LogP contribution in [0.4, 0.5) is 0 Å². The monoisotopic (exact) mass is 400 g/mol. The summed E-state index contributed by atoms with van der Waals surface area (Å²) in [6.45, 7) is 20.2. The van der Waals surface area contributed by atoms with Crippen molar-refractivity contribution >= 4 is 24.2 Å². The third-order valence-electron chi connectivity index (χ3n) is 4.63. The minimum absolute atomic E-state index is 0.00840. The molecule has 0 saturated carbocycles. The molecule has 0 N–H and O–H groups in total. The van der Waals surface area contributed by atoms with E-state index in [0.29, 0.717) is 0 Å². The van der Waals surface area contributed by atoms with E-state index in [0.717, 1.165) is 10.2 Å². The fourth-order valence-corrected chi connectivity index (χ4v) is 4.15. The van der Waals surface area contributed by atoms with Crippen LogP contribution >= 0.6 is 15.9 Å². The molecule has 0 amide bonds. The quantitative estimate of drug-likeness (QED) is 0.514. The third kappa shape index (κ3) is 5.91. The Balaban J connectivity index is 2.99. The molecule has 132 valence electrons. The van der Waals surface area contributed by atoms with Crippen LogP contribution in [0.5, 0.6) is 5.75 Å². The third-order valence-corrected chi connectivity index (χ3v) is 9.69. The van der Waals surface area contributed by atoms with Crippen molar-refractivity contribution in [3.05, 3.63) is 28.7 Å². The lowest BCUT2D eigenvalue weighted by Gasteiger charge is -2.43. The molecule has 1 rings (SSSR count). The SMILES string of the molecule is CC(O[Si](C)(C)C(C)(C)C)C(Oc1cccc(Br)c1)C(C)(C)C. The molecule has 0 fully saturated rings. The van der Waals surface area contributed by atoms with Gasteiger partial charge in [-0.3, -0.25) is 0 Å². The molecule has 0 spiro atoms. The van der Waals surface area contributed by atoms with Gasteiger partial charge in [-0.1, -0.05) is 63.5 Å². The summed E-state index contributed by atoms with van der Waals surface area (Å²) < 4.78 is 14.0. The summed E-state index contributed by atoms with van der Waals surface area (Å²) in [5, 5.41) is 0.194. The fraction of sp³-hybridized carbons (Fsp3) is 0.684. The number of ether oxygens (including phenoxy) is 1. The molecule has 2 atom stereocenters. The average Bonchev–Trinajstić information content (AvgIpc) is 2.32. The molecule has 1 aromatic rings. The molecule has 0 aliphatic heterocycles. The molecular weight excluding hydrogens is 368 g/mol. The van der Waals surface area contributed by atoms with E-state index in [2.05, 4.69) is 77.5 Å². The largest absolute Gasteiger partial charge is 0.487 e. The van der Waals surface area contributed by atoms with Gasteiger partial charge in [0.25, 0.3) is 0 Å². The Bertz CT molecular complexity index is 515. The highest BCUT2D eigenvalue weighted by Crippen LogP contribution is 2.39. The molecule has 4 heteroatoms. The van der Waals surface area contributed by atoms with Gasteiger partial charge in [0.15, 0.2) is 8.32 Å². The molecule has 0 bridgehead atoms. The van der Waals surface area contributed by atoms with Gasteiger partial charge in [-0.15, -0.1) is 0 Å². The summed E-state index contributed by atoms with van der Waals surface area (Å²) in [5.41, 5.74) is -0.00982. The highest BCUT2D eigenvalue weighted by molar-refractivity contribution is 9.10. The molecule has 0 heterocycles. The van der Waals surface area contributed by atoms with E-state index in [1.807, 2.05) is 24.3 Å². The standard InChI is InChI=1S/C19H33BrO2Si/c1-14(22-23(8,9)19(5,6)7)17(18(2,3)4)21-16-12-10-11-15(20)13-16/h10-14,17H,1-9H3. The number of hydrogen-bond acceptors (Lipinski definition) is 2. The van der Waals surface area contributed by atoms with Crippen molar-refractivity contribution in [3.63, 3.8) is 0 Å². The van der Waals surface area contributed by atoms with E-state index >= 15 is 0 Å². The molecule has 1 aromatic carbocycles. The summed E-state index contributed by atoms with van der Waals surface area (Å²) in [5.74, 6) is 0.880. The highest BCUT2D eigenvalue weighted by Gasteiger charge is 2.42. The van der Waals surface area contributed by atoms with Crippen molar-refractivity contribution in [1.29, 1.82) is 0 Å². The predicted octanol–water partition coefficient (Wildman–Crippen LogP) is 6.65. The van der Waals surface area contributed by atoms with E-state index in [9.17, 15) is 0 Å².